The summed E-state index contributed by atoms with van der Waals surface area (Å²) in [4.78, 5) is 161. The van der Waals surface area contributed by atoms with Gasteiger partial charge in [-0.3, -0.25) is 4.98 Å². The molecular weight excluding hydrogens is 2090 g/mol. The number of aliphatic carboxylic acids is 2. The van der Waals surface area contributed by atoms with E-state index in [4.69, 9.17) is 116 Å². The number of ether oxygens (including phenoxy) is 7. The van der Waals surface area contributed by atoms with Crippen LogP contribution >= 0.6 is 127 Å². The van der Waals surface area contributed by atoms with Crippen molar-refractivity contribution in [1.82, 2.24) is 39.9 Å². The van der Waals surface area contributed by atoms with Crippen LogP contribution < -0.4 is 84.5 Å². The van der Waals surface area contributed by atoms with Gasteiger partial charge in [0.2, 0.25) is 5.75 Å². The van der Waals surface area contributed by atoms with Gasteiger partial charge in [-0.1, -0.05) is 0 Å². The summed E-state index contributed by atoms with van der Waals surface area (Å²) in [6.45, 7) is 12.5. The number of carbonyl (C=O) groups is 3. The Hall–Kier alpha value is -9.52. The second-order valence-electron chi connectivity index (χ2n) is 18.1. The van der Waals surface area contributed by atoms with Crippen molar-refractivity contribution in [3.05, 3.63) is 210 Å². The van der Waals surface area contributed by atoms with Crippen LogP contribution in [0.2, 0.25) is 0 Å². The van der Waals surface area contributed by atoms with Crippen LogP contribution in [0.25, 0.3) is 0 Å². The third kappa shape index (κ3) is 69.7. The van der Waals surface area contributed by atoms with Gasteiger partial charge in [0.05, 0.1) is 34.1 Å². The van der Waals surface area contributed by atoms with Crippen LogP contribution in [0.5, 0.6) is 51.7 Å². The van der Waals surface area contributed by atoms with Crippen LogP contribution in [0.3, 0.4) is 0 Å². The van der Waals surface area contributed by atoms with Crippen molar-refractivity contribution in [2.24, 2.45) is 0 Å². The number of carboxylic acids is 2. The first-order chi connectivity index (χ1) is 53.4. The number of esters is 1. The van der Waals surface area contributed by atoms with Crippen molar-refractivity contribution in [2.75, 3.05) is 47.8 Å². The summed E-state index contributed by atoms with van der Waals surface area (Å²) in [6.07, 6.45) is 7.48. The van der Waals surface area contributed by atoms with Gasteiger partial charge in [-0.05, 0) is 263 Å². The van der Waals surface area contributed by atoms with E-state index >= 15 is 0 Å². The molecule has 0 aliphatic carbocycles. The largest absolute Gasteiger partial charge is 1.00 e. The molecule has 0 saturated heterocycles. The molecule has 0 unspecified atom stereocenters. The normalized spacial score (nSPS) is 8.26. The molecule has 0 amide bonds. The van der Waals surface area contributed by atoms with Crippen LogP contribution in [0.4, 0.5) is 0 Å². The van der Waals surface area contributed by atoms with Crippen molar-refractivity contribution in [3.8, 4) is 51.7 Å². The molecule has 0 aromatic carbocycles. The fraction of sp³-hybridized carbons (Fsp3) is 0.206. The summed E-state index contributed by atoms with van der Waals surface area (Å²) < 4.78 is 39.6. The van der Waals surface area contributed by atoms with Gasteiger partial charge >= 0.3 is 111 Å². The van der Waals surface area contributed by atoms with E-state index in [1.807, 2.05) is 84.0 Å². The molecule has 115 heavy (non-hydrogen) atoms. The Morgan fingerprint density at radius 3 is 0.965 bits per heavy atom. The molecule has 38 nitrogen and oxygen atoms in total. The number of carbonyl (C=O) groups excluding carboxylic acids is 13. The number of aromatic nitrogens is 9. The maximum atomic E-state index is 11.0. The summed E-state index contributed by atoms with van der Waals surface area (Å²) in [5.41, 5.74) is 5.54. The number of hydrogen-bond donors (Lipinski definition) is 5. The van der Waals surface area contributed by atoms with E-state index in [1.165, 1.54) is 24.5 Å². The third-order valence-electron chi connectivity index (χ3n) is 10.0. The maximum absolute atomic E-state index is 11.0. The van der Waals surface area contributed by atoms with Gasteiger partial charge in [-0.2, -0.15) is 62.3 Å². The Balaban J connectivity index is -0.000000182. The summed E-state index contributed by atoms with van der Waals surface area (Å²) in [5, 5.41) is 54.1. The van der Waals surface area contributed by atoms with Crippen LogP contribution in [-0.2, 0) is 76.7 Å². The summed E-state index contributed by atoms with van der Waals surface area (Å²) in [6, 6.07) is 31.2. The van der Waals surface area contributed by atoms with Crippen molar-refractivity contribution < 1.29 is 192 Å². The summed E-state index contributed by atoms with van der Waals surface area (Å²) >= 11 is 25.3. The molecule has 0 bridgehead atoms. The van der Waals surface area contributed by atoms with Crippen LogP contribution in [0.1, 0.15) is 41.1 Å². The minimum absolute atomic E-state index is 0. The Morgan fingerprint density at radius 1 is 0.400 bits per heavy atom. The molecule has 9 aromatic heterocycles. The average molecular weight is 2150 g/mol. The molecular formula is C68H66Br8KN9O29. The predicted octanol–water partition coefficient (Wildman–Crippen LogP) is 8.26. The number of methoxy groups -OCH3 is 3. The number of nitrogens with zero attached hydrogens (tertiary/aromatic N) is 9. The second-order valence-corrected chi connectivity index (χ2v) is 24.1. The predicted molar refractivity (Wildman–Crippen MR) is 414 cm³/mol. The first-order valence-corrected chi connectivity index (χ1v) is 35.6. The van der Waals surface area contributed by atoms with Gasteiger partial charge < -0.3 is 69.4 Å². The molecule has 614 valence electrons. The van der Waals surface area contributed by atoms with Gasteiger partial charge in [0.1, 0.15) is 49.5 Å². The topological polar surface area (TPSA) is 582 Å². The third-order valence-corrected chi connectivity index (χ3v) is 14.8. The molecule has 0 atom stereocenters. The van der Waals surface area contributed by atoms with Crippen LogP contribution in [-0.4, -0.2) is 173 Å². The Morgan fingerprint density at radius 2 is 0.687 bits per heavy atom. The van der Waals surface area contributed by atoms with E-state index in [1.54, 1.807) is 95.2 Å². The van der Waals surface area contributed by atoms with E-state index in [9.17, 15) is 19.6 Å². The molecule has 6 N–H and O–H groups in total. The molecule has 0 aliphatic rings. The van der Waals surface area contributed by atoms with Crippen molar-refractivity contribution in [3.63, 3.8) is 0 Å². The standard InChI is InChI=1S/C10H12BrNO3.C7H6BrNO4.C7H6BrNO3.2C7H8BrNO.3C6H6BrNO.C6H7NO.6CO2.K.H2O/c1-3-14-9(13)6-15-8-5-4-7(2)12-10(8)11;8-7-5(13-4-6(10)11)2-1-3-9(7)12;8-7-5(2-1-3-9-7)12-4-6(10)11;2*1-5-3-4-6(10-2)7(8)9-5;1-9-5-3-2-4-8-6(5)7;2*1-4-2-3-5(9)6(7)8-4;1-5-2-3-6(8)4-7-5;6*2-1-3;;/h4-5H,3,6H2,1-2H3;1-3H,4H2,(H,10,11);1-3H,4H2,(H,10,11);2*3-4H,1-2H3;2-4H,1H3;2*2-3,9H,1H3;2-4,8H,1H3;;;;;;;;1H2/q;;;;;;;;;;;;;;;+1;/p-1. The SMILES string of the molecule is CCOC(=O)COc1ccc(C)nc1Br.COc1ccc(C)nc1Br.COc1ccc(C)nc1Br.COc1cccnc1Br.Cc1ccc(O)c(Br)n1.Cc1ccc(O)c(Br)n1.Cc1ccc(O)cn1.O=C(O)COc1ccc[n+]([O-])c1Br.O=C(O)COc1cccnc1Br.O=C=O.O=C=O.O=C=O.O=C=O.O=C=O.O=C=O.[K+].[OH-]. The molecule has 0 spiro atoms. The second kappa shape index (κ2) is 79.7. The summed E-state index contributed by atoms with van der Waals surface area (Å²) in [7, 11) is 4.86. The van der Waals surface area contributed by atoms with Crippen LogP contribution in [0, 0.1) is 46.7 Å². The quantitative estimate of drug-likeness (QED) is 0.0238. The van der Waals surface area contributed by atoms with Crippen molar-refractivity contribution in [1.29, 1.82) is 0 Å². The smallest absolute Gasteiger partial charge is 0.870 e. The first-order valence-electron chi connectivity index (χ1n) is 29.2. The molecule has 9 rings (SSSR count). The molecule has 0 aliphatic heterocycles. The number of pyridine rings is 9. The van der Waals surface area contributed by atoms with Gasteiger partial charge in [-0.15, -0.1) is 0 Å². The monoisotopic (exact) mass is 2140 g/mol. The zero-order valence-corrected chi connectivity index (χ0v) is 77.5. The minimum Gasteiger partial charge on any atom is -0.870 e. The number of hydrogen-bond acceptors (Lipinski definition) is 35. The zero-order valence-electron chi connectivity index (χ0n) is 61.7. The van der Waals surface area contributed by atoms with Crippen molar-refractivity contribution in [2.45, 2.75) is 48.5 Å². The van der Waals surface area contributed by atoms with Gasteiger partial charge in [0, 0.05) is 68.6 Å². The number of rotatable bonds is 13. The van der Waals surface area contributed by atoms with Crippen LogP contribution in [0.15, 0.2) is 171 Å². The average Bonchev–Trinajstić information content (AvgIpc) is 0.870. The zero-order chi connectivity index (χ0) is 87.8. The number of carboxylic acid groups (broad SMARTS) is 2. The molecule has 0 saturated carbocycles. The van der Waals surface area contributed by atoms with E-state index in [-0.39, 0.29) is 141 Å². The number of aryl methyl sites for hydroxylation is 6. The Kier molecular flexibility index (Phi) is 84.0. The van der Waals surface area contributed by atoms with Crippen molar-refractivity contribution >= 4 is 182 Å². The Bertz CT molecular complexity index is 4250. The first kappa shape index (κ1) is 121. The molecule has 0 fully saturated rings. The van der Waals surface area contributed by atoms with Gasteiger partial charge in [-0.25, -0.2) is 49.3 Å². The molecule has 47 heteroatoms. The summed E-state index contributed by atoms with van der Waals surface area (Å²) in [5.74, 6) is 1.57. The molecule has 9 heterocycles. The maximum Gasteiger partial charge on any atom is 1.00 e. The van der Waals surface area contributed by atoms with E-state index < -0.39 is 18.5 Å². The molecule has 0 radical (unpaired) electrons. The van der Waals surface area contributed by atoms with E-state index in [0.29, 0.717) is 41.2 Å². The van der Waals surface area contributed by atoms with Gasteiger partial charge in [0.25, 0.3) is 0 Å². The fourth-order valence-corrected chi connectivity index (χ4v) is 9.26. The Labute approximate surface area is 764 Å². The number of aromatic hydroxyl groups is 3. The fourth-order valence-electron chi connectivity index (χ4n) is 5.62. The minimum atomic E-state index is -1.09. The van der Waals surface area contributed by atoms with E-state index in [0.717, 1.165) is 65.2 Å². The van der Waals surface area contributed by atoms with E-state index in [2.05, 4.69) is 167 Å². The molecule has 9 aromatic rings. The number of halogens is 8. The van der Waals surface area contributed by atoms with Gasteiger partial charge in [0.15, 0.2) is 54.8 Å².